The maximum Gasteiger partial charge on any atom is 0.573 e. The summed E-state index contributed by atoms with van der Waals surface area (Å²) in [6, 6.07) is 10.8. The van der Waals surface area contributed by atoms with Gasteiger partial charge in [-0.15, -0.1) is 13.2 Å². The predicted molar refractivity (Wildman–Crippen MR) is 113 cm³/mol. The van der Waals surface area contributed by atoms with Crippen LogP contribution in [0.1, 0.15) is 18.4 Å². The zero-order chi connectivity index (χ0) is 24.2. The molecule has 8 nitrogen and oxygen atoms in total. The van der Waals surface area contributed by atoms with Crippen molar-refractivity contribution in [3.63, 3.8) is 0 Å². The number of benzene rings is 2. The summed E-state index contributed by atoms with van der Waals surface area (Å²) >= 11 is 0. The fourth-order valence-electron chi connectivity index (χ4n) is 3.49. The largest absolute Gasteiger partial charge is 0.573 e. The number of rotatable bonds is 7. The summed E-state index contributed by atoms with van der Waals surface area (Å²) in [5.41, 5.74) is 6.39. The molecule has 12 heteroatoms. The first-order valence-electron chi connectivity index (χ1n) is 9.98. The van der Waals surface area contributed by atoms with E-state index >= 15 is 0 Å². The number of hydrogen-bond acceptors (Lipinski definition) is 5. The highest BCUT2D eigenvalue weighted by molar-refractivity contribution is 7.89. The van der Waals surface area contributed by atoms with Crippen molar-refractivity contribution >= 4 is 27.5 Å². The number of sulfonamides is 1. The molecule has 2 aromatic carbocycles. The lowest BCUT2D eigenvalue weighted by molar-refractivity contribution is -0.274. The van der Waals surface area contributed by atoms with Gasteiger partial charge in [0.1, 0.15) is 5.75 Å². The van der Waals surface area contributed by atoms with Crippen LogP contribution in [-0.2, 0) is 26.0 Å². The molecule has 2 amide bonds. The Morgan fingerprint density at radius 2 is 1.73 bits per heavy atom. The van der Waals surface area contributed by atoms with Crippen molar-refractivity contribution in [1.29, 1.82) is 0 Å². The number of primary amides is 1. The standard InChI is InChI=1S/C21H22F3N3O5S/c22-21(23,24)32-17-2-1-3-18(13-17)33(30,31)27-10-8-15(9-11-27)20(29)26-16-6-4-14(5-7-16)12-19(25)28/h1-7,13,15H,8-12H2,(H2,25,28)(H,26,29). The summed E-state index contributed by atoms with van der Waals surface area (Å²) in [6.07, 6.45) is -4.34. The molecule has 0 saturated carbocycles. The maximum absolute atomic E-state index is 12.8. The van der Waals surface area contributed by atoms with Crippen LogP contribution in [0.3, 0.4) is 0 Å². The van der Waals surface area contributed by atoms with Gasteiger partial charge < -0.3 is 15.8 Å². The normalized spacial score (nSPS) is 15.7. The highest BCUT2D eigenvalue weighted by Gasteiger charge is 2.34. The summed E-state index contributed by atoms with van der Waals surface area (Å²) in [5.74, 6) is -1.79. The number of piperidine rings is 1. The number of carbonyl (C=O) groups is 2. The van der Waals surface area contributed by atoms with Crippen molar-refractivity contribution in [3.8, 4) is 5.75 Å². The number of ether oxygens (including phenoxy) is 1. The van der Waals surface area contributed by atoms with Crippen molar-refractivity contribution in [1.82, 2.24) is 4.31 Å². The second-order valence-corrected chi connectivity index (χ2v) is 9.47. The van der Waals surface area contributed by atoms with E-state index in [1.807, 2.05) is 0 Å². The van der Waals surface area contributed by atoms with Crippen LogP contribution in [0.15, 0.2) is 53.4 Å². The molecule has 3 N–H and O–H groups in total. The van der Waals surface area contributed by atoms with E-state index in [4.69, 9.17) is 5.73 Å². The third-order valence-corrected chi connectivity index (χ3v) is 7.00. The van der Waals surface area contributed by atoms with Crippen LogP contribution < -0.4 is 15.8 Å². The quantitative estimate of drug-likeness (QED) is 0.625. The van der Waals surface area contributed by atoms with Crippen LogP contribution in [0, 0.1) is 5.92 Å². The van der Waals surface area contributed by atoms with Crippen molar-refractivity contribution in [2.75, 3.05) is 18.4 Å². The first-order valence-corrected chi connectivity index (χ1v) is 11.4. The fraction of sp³-hybridized carbons (Fsp3) is 0.333. The van der Waals surface area contributed by atoms with E-state index in [1.54, 1.807) is 24.3 Å². The zero-order valence-corrected chi connectivity index (χ0v) is 18.2. The van der Waals surface area contributed by atoms with Crippen LogP contribution in [0.2, 0.25) is 0 Å². The molecular weight excluding hydrogens is 463 g/mol. The van der Waals surface area contributed by atoms with Crippen LogP contribution in [0.4, 0.5) is 18.9 Å². The molecule has 0 aliphatic carbocycles. The third-order valence-electron chi connectivity index (χ3n) is 5.10. The molecule has 0 spiro atoms. The van der Waals surface area contributed by atoms with Crippen LogP contribution >= 0.6 is 0 Å². The second kappa shape index (κ2) is 9.79. The van der Waals surface area contributed by atoms with Gasteiger partial charge in [0.15, 0.2) is 0 Å². The SMILES string of the molecule is NC(=O)Cc1ccc(NC(=O)C2CCN(S(=O)(=O)c3cccc(OC(F)(F)F)c3)CC2)cc1. The Labute approximate surface area is 188 Å². The van der Waals surface area contributed by atoms with Crippen molar-refractivity contribution < 1.29 is 35.9 Å². The molecule has 1 heterocycles. The molecule has 33 heavy (non-hydrogen) atoms. The Kier molecular flexibility index (Phi) is 7.28. The monoisotopic (exact) mass is 485 g/mol. The third kappa shape index (κ3) is 6.68. The molecule has 0 bridgehead atoms. The highest BCUT2D eigenvalue weighted by Crippen LogP contribution is 2.29. The molecule has 0 unspecified atom stereocenters. The molecule has 0 aromatic heterocycles. The van der Waals surface area contributed by atoms with Crippen molar-refractivity contribution in [2.45, 2.75) is 30.5 Å². The number of nitrogens with two attached hydrogens (primary N) is 1. The van der Waals surface area contributed by atoms with Crippen molar-refractivity contribution in [2.24, 2.45) is 11.7 Å². The average Bonchev–Trinajstić information content (AvgIpc) is 2.74. The lowest BCUT2D eigenvalue weighted by Gasteiger charge is -2.30. The van der Waals surface area contributed by atoms with Gasteiger partial charge in [0.2, 0.25) is 21.8 Å². The number of alkyl halides is 3. The van der Waals surface area contributed by atoms with Gasteiger partial charge in [0, 0.05) is 30.8 Å². The van der Waals surface area contributed by atoms with E-state index in [2.05, 4.69) is 10.1 Å². The summed E-state index contributed by atoms with van der Waals surface area (Å²) in [4.78, 5) is 23.2. The van der Waals surface area contributed by atoms with Gasteiger partial charge in [-0.1, -0.05) is 18.2 Å². The minimum Gasteiger partial charge on any atom is -0.406 e. The van der Waals surface area contributed by atoms with Crippen LogP contribution in [0.25, 0.3) is 0 Å². The Bertz CT molecular complexity index is 1110. The fourth-order valence-corrected chi connectivity index (χ4v) is 5.00. The lowest BCUT2D eigenvalue weighted by Crippen LogP contribution is -2.41. The van der Waals surface area contributed by atoms with Crippen LogP contribution in [-0.4, -0.2) is 44.0 Å². The predicted octanol–water partition coefficient (Wildman–Crippen LogP) is 2.65. The lowest BCUT2D eigenvalue weighted by atomic mass is 9.97. The molecule has 178 valence electrons. The summed E-state index contributed by atoms with van der Waals surface area (Å²) in [5, 5.41) is 2.76. The number of anilines is 1. The molecule has 1 fully saturated rings. The van der Waals surface area contributed by atoms with E-state index in [0.29, 0.717) is 11.3 Å². The van der Waals surface area contributed by atoms with Gasteiger partial charge in [0.25, 0.3) is 0 Å². The molecular formula is C21H22F3N3O5S. The molecule has 2 aromatic rings. The summed E-state index contributed by atoms with van der Waals surface area (Å²) in [6.45, 7) is 0.0879. The molecule has 1 aliphatic heterocycles. The van der Waals surface area contributed by atoms with E-state index in [0.717, 1.165) is 16.4 Å². The Hall–Kier alpha value is -3.12. The number of nitrogens with one attached hydrogen (secondary N) is 1. The first kappa shape index (κ1) is 24.5. The van der Waals surface area contributed by atoms with Gasteiger partial charge in [-0.25, -0.2) is 8.42 Å². The summed E-state index contributed by atoms with van der Waals surface area (Å²) < 4.78 is 67.9. The molecule has 3 rings (SSSR count). The van der Waals surface area contributed by atoms with Gasteiger partial charge in [-0.3, -0.25) is 9.59 Å². The number of halogens is 3. The van der Waals surface area contributed by atoms with Gasteiger partial charge >= 0.3 is 6.36 Å². The molecule has 0 atom stereocenters. The average molecular weight is 485 g/mol. The number of hydrogen-bond donors (Lipinski definition) is 2. The molecule has 0 radical (unpaired) electrons. The Morgan fingerprint density at radius 1 is 1.09 bits per heavy atom. The number of nitrogens with zero attached hydrogens (tertiary/aromatic N) is 1. The second-order valence-electron chi connectivity index (χ2n) is 7.53. The van der Waals surface area contributed by atoms with Crippen LogP contribution in [0.5, 0.6) is 5.75 Å². The first-order chi connectivity index (χ1) is 15.4. The van der Waals surface area contributed by atoms with E-state index in [1.165, 1.54) is 12.1 Å². The highest BCUT2D eigenvalue weighted by atomic mass is 32.2. The van der Waals surface area contributed by atoms with E-state index in [-0.39, 0.29) is 43.2 Å². The topological polar surface area (TPSA) is 119 Å². The zero-order valence-electron chi connectivity index (χ0n) is 17.3. The smallest absolute Gasteiger partial charge is 0.406 e. The van der Waals surface area contributed by atoms with E-state index in [9.17, 15) is 31.2 Å². The Morgan fingerprint density at radius 3 is 2.30 bits per heavy atom. The number of amides is 2. The summed E-state index contributed by atoms with van der Waals surface area (Å²) in [7, 11) is -4.05. The number of carbonyl (C=O) groups excluding carboxylic acids is 2. The van der Waals surface area contributed by atoms with Gasteiger partial charge in [0.05, 0.1) is 11.3 Å². The Balaban J connectivity index is 1.59. The van der Waals surface area contributed by atoms with Crippen molar-refractivity contribution in [3.05, 3.63) is 54.1 Å². The maximum atomic E-state index is 12.8. The minimum atomic E-state index is -4.93. The minimum absolute atomic E-state index is 0.0440. The molecule has 1 saturated heterocycles. The van der Waals surface area contributed by atoms with E-state index < -0.39 is 34.0 Å². The van der Waals surface area contributed by atoms with Gasteiger partial charge in [-0.05, 0) is 42.7 Å². The molecule has 1 aliphatic rings. The van der Waals surface area contributed by atoms with Gasteiger partial charge in [-0.2, -0.15) is 4.31 Å².